The number of carbonyl (C=O) groups is 3. The SMILES string of the molecule is CC/C=C\C/C=C\C/C=C\C/C=C\C/C=C\C/C=C\C/C=C\CCCCCCCCCCCCCCCC(=O)OC(COC(=O)CCCCCCCCCCC/C=C\C/C=C\CCCCCCC)COC(OCC[N+](C)(C)C)C(=O)O. The number of allylic oxidation sites excluding steroid dienone is 18. The third-order valence-corrected chi connectivity index (χ3v) is 14.0. The molecular weight excluding hydrogens is 1010 g/mol. The maximum Gasteiger partial charge on any atom is 0.361 e. The average Bonchev–Trinajstić information content (AvgIpc) is 3.44. The summed E-state index contributed by atoms with van der Waals surface area (Å²) in [5, 5.41) is 9.73. The molecule has 0 aliphatic rings. The van der Waals surface area contributed by atoms with Crippen molar-refractivity contribution in [1.82, 2.24) is 0 Å². The summed E-state index contributed by atoms with van der Waals surface area (Å²) in [7, 11) is 5.97. The highest BCUT2D eigenvalue weighted by molar-refractivity contribution is 5.71. The molecule has 464 valence electrons. The van der Waals surface area contributed by atoms with Gasteiger partial charge in [-0.25, -0.2) is 4.79 Å². The van der Waals surface area contributed by atoms with Crippen LogP contribution in [0.15, 0.2) is 109 Å². The molecule has 1 N–H and O–H groups in total. The Bertz CT molecular complexity index is 1700. The van der Waals surface area contributed by atoms with E-state index in [4.69, 9.17) is 18.9 Å². The first-order valence-corrected chi connectivity index (χ1v) is 33.1. The van der Waals surface area contributed by atoms with E-state index < -0.39 is 24.3 Å². The number of carbonyl (C=O) groups excluding carboxylic acids is 2. The molecular formula is C72H124NO8+. The van der Waals surface area contributed by atoms with Gasteiger partial charge < -0.3 is 28.5 Å². The van der Waals surface area contributed by atoms with Crippen LogP contribution in [0.4, 0.5) is 0 Å². The van der Waals surface area contributed by atoms with E-state index in [1.807, 2.05) is 21.1 Å². The largest absolute Gasteiger partial charge is 0.477 e. The van der Waals surface area contributed by atoms with E-state index in [9.17, 15) is 19.5 Å². The Morgan fingerprint density at radius 2 is 0.704 bits per heavy atom. The normalized spacial score (nSPS) is 13.4. The minimum Gasteiger partial charge on any atom is -0.477 e. The number of hydrogen-bond donors (Lipinski definition) is 1. The second-order valence-corrected chi connectivity index (χ2v) is 23.0. The number of unbranched alkanes of at least 4 members (excludes halogenated alkanes) is 27. The Labute approximate surface area is 498 Å². The summed E-state index contributed by atoms with van der Waals surface area (Å²) < 4.78 is 22.9. The van der Waals surface area contributed by atoms with E-state index in [0.717, 1.165) is 89.9 Å². The highest BCUT2D eigenvalue weighted by Crippen LogP contribution is 2.16. The van der Waals surface area contributed by atoms with Crippen molar-refractivity contribution in [1.29, 1.82) is 0 Å². The summed E-state index contributed by atoms with van der Waals surface area (Å²) in [5.74, 6) is -2.01. The molecule has 0 saturated heterocycles. The predicted octanol–water partition coefficient (Wildman–Crippen LogP) is 20.2. The maximum absolute atomic E-state index is 12.9. The fourth-order valence-electron chi connectivity index (χ4n) is 8.97. The van der Waals surface area contributed by atoms with Gasteiger partial charge in [-0.2, -0.15) is 0 Å². The Morgan fingerprint density at radius 1 is 0.383 bits per heavy atom. The van der Waals surface area contributed by atoms with Gasteiger partial charge in [-0.05, 0) is 103 Å². The van der Waals surface area contributed by atoms with Crippen LogP contribution in [0, 0.1) is 0 Å². The predicted molar refractivity (Wildman–Crippen MR) is 345 cm³/mol. The van der Waals surface area contributed by atoms with Gasteiger partial charge in [-0.15, -0.1) is 0 Å². The molecule has 0 aliphatic carbocycles. The van der Waals surface area contributed by atoms with Crippen molar-refractivity contribution in [3.8, 4) is 0 Å². The molecule has 0 bridgehead atoms. The molecule has 9 heteroatoms. The number of quaternary nitrogens is 1. The fourth-order valence-corrected chi connectivity index (χ4v) is 8.97. The second-order valence-electron chi connectivity index (χ2n) is 23.0. The summed E-state index contributed by atoms with van der Waals surface area (Å²) in [5.41, 5.74) is 0. The molecule has 0 heterocycles. The molecule has 2 unspecified atom stereocenters. The number of hydrogen-bond acceptors (Lipinski definition) is 7. The van der Waals surface area contributed by atoms with Gasteiger partial charge in [0, 0.05) is 12.8 Å². The topological polar surface area (TPSA) is 108 Å². The van der Waals surface area contributed by atoms with Gasteiger partial charge in [-0.1, -0.05) is 264 Å². The van der Waals surface area contributed by atoms with Gasteiger partial charge in [0.05, 0.1) is 34.4 Å². The lowest BCUT2D eigenvalue weighted by atomic mass is 10.0. The Morgan fingerprint density at radius 3 is 1.05 bits per heavy atom. The van der Waals surface area contributed by atoms with Crippen LogP contribution in [0.1, 0.15) is 271 Å². The van der Waals surface area contributed by atoms with E-state index >= 15 is 0 Å². The Kier molecular flexibility index (Phi) is 58.9. The lowest BCUT2D eigenvalue weighted by molar-refractivity contribution is -0.870. The van der Waals surface area contributed by atoms with Crippen LogP contribution in [-0.4, -0.2) is 87.4 Å². The van der Waals surface area contributed by atoms with Crippen LogP contribution in [0.2, 0.25) is 0 Å². The number of carboxylic acids is 1. The number of ether oxygens (including phenoxy) is 4. The van der Waals surface area contributed by atoms with E-state index in [1.165, 1.54) is 148 Å². The number of likely N-dealkylation sites (N-methyl/N-ethyl adjacent to an activating group) is 1. The molecule has 0 amide bonds. The van der Waals surface area contributed by atoms with Crippen LogP contribution in [0.5, 0.6) is 0 Å². The quantitative estimate of drug-likeness (QED) is 0.0211. The molecule has 9 nitrogen and oxygen atoms in total. The molecule has 0 fully saturated rings. The van der Waals surface area contributed by atoms with E-state index in [2.05, 4.69) is 123 Å². The summed E-state index contributed by atoms with van der Waals surface area (Å²) >= 11 is 0. The third kappa shape index (κ3) is 63.4. The highest BCUT2D eigenvalue weighted by atomic mass is 16.7. The summed E-state index contributed by atoms with van der Waals surface area (Å²) in [6, 6.07) is 0. The highest BCUT2D eigenvalue weighted by Gasteiger charge is 2.25. The zero-order chi connectivity index (χ0) is 59.1. The molecule has 0 radical (unpaired) electrons. The van der Waals surface area contributed by atoms with E-state index in [0.29, 0.717) is 23.9 Å². The summed E-state index contributed by atoms with van der Waals surface area (Å²) in [4.78, 5) is 37.6. The number of carboxylic acid groups (broad SMARTS) is 1. The Hall–Kier alpha value is -4.05. The molecule has 0 aromatic rings. The molecule has 2 atom stereocenters. The zero-order valence-corrected chi connectivity index (χ0v) is 52.9. The van der Waals surface area contributed by atoms with Crippen LogP contribution < -0.4 is 0 Å². The van der Waals surface area contributed by atoms with Crippen molar-refractivity contribution in [2.75, 3.05) is 47.5 Å². The number of esters is 2. The van der Waals surface area contributed by atoms with E-state index in [1.54, 1.807) is 0 Å². The summed E-state index contributed by atoms with van der Waals surface area (Å²) in [6.45, 7) is 4.76. The molecule has 0 aliphatic heterocycles. The van der Waals surface area contributed by atoms with Crippen LogP contribution in [-0.2, 0) is 33.3 Å². The standard InChI is InChI=1S/C72H123NO8/c1-6-8-10-12-14-16-18-20-22-24-26-28-29-30-31-32-33-34-35-36-37-38-39-40-41-43-45-47-49-51-53-55-57-59-61-63-70(75)81-68(67-80-72(71(76)77)78-65-64-73(3,4)5)66-79-69(74)62-60-58-56-54-52-50-48-46-44-42-27-25-23-21-19-17-15-13-11-9-7-2/h8,10,14,16,19-22,25-28,30-31,33-34,36-37,68,72H,6-7,9,11-13,15,17-18,23-24,29,32,35,38-67H2,1-5H3/p+1/b10-8-,16-14-,21-19-,22-20-,27-25-,28-26-,31-30-,34-33-,37-36-. The van der Waals surface area contributed by atoms with Crippen LogP contribution >= 0.6 is 0 Å². The van der Waals surface area contributed by atoms with Crippen molar-refractivity contribution in [3.63, 3.8) is 0 Å². The molecule has 0 saturated carbocycles. The molecule has 0 aromatic carbocycles. The average molecular weight is 1130 g/mol. The number of nitrogens with zero attached hydrogens (tertiary/aromatic N) is 1. The minimum atomic E-state index is -1.52. The number of aliphatic carboxylic acids is 1. The molecule has 81 heavy (non-hydrogen) atoms. The van der Waals surface area contributed by atoms with E-state index in [-0.39, 0.29) is 32.2 Å². The van der Waals surface area contributed by atoms with Gasteiger partial charge >= 0.3 is 17.9 Å². The van der Waals surface area contributed by atoms with Gasteiger partial charge in [0.25, 0.3) is 6.29 Å². The molecule has 0 aromatic heterocycles. The first kappa shape index (κ1) is 77.0. The molecule has 0 rings (SSSR count). The lowest BCUT2D eigenvalue weighted by Crippen LogP contribution is -2.40. The lowest BCUT2D eigenvalue weighted by Gasteiger charge is -2.25. The first-order chi connectivity index (χ1) is 39.6. The van der Waals surface area contributed by atoms with Gasteiger partial charge in [0.2, 0.25) is 0 Å². The fraction of sp³-hybridized carbons (Fsp3) is 0.708. The molecule has 0 spiro atoms. The maximum atomic E-state index is 12.9. The van der Waals surface area contributed by atoms with Gasteiger partial charge in [-0.3, -0.25) is 9.59 Å². The van der Waals surface area contributed by atoms with Crippen molar-refractivity contribution < 1.29 is 42.9 Å². The van der Waals surface area contributed by atoms with Crippen LogP contribution in [0.3, 0.4) is 0 Å². The monoisotopic (exact) mass is 1130 g/mol. The van der Waals surface area contributed by atoms with Crippen molar-refractivity contribution >= 4 is 17.9 Å². The second kappa shape index (κ2) is 62.0. The smallest absolute Gasteiger partial charge is 0.361 e. The van der Waals surface area contributed by atoms with Crippen molar-refractivity contribution in [2.45, 2.75) is 283 Å². The zero-order valence-electron chi connectivity index (χ0n) is 52.9. The minimum absolute atomic E-state index is 0.183. The number of rotatable bonds is 60. The summed E-state index contributed by atoms with van der Waals surface area (Å²) in [6.07, 6.45) is 83.2. The van der Waals surface area contributed by atoms with Gasteiger partial charge in [0.1, 0.15) is 13.2 Å². The van der Waals surface area contributed by atoms with Crippen molar-refractivity contribution in [2.24, 2.45) is 0 Å². The first-order valence-electron chi connectivity index (χ1n) is 33.1. The van der Waals surface area contributed by atoms with Crippen LogP contribution in [0.25, 0.3) is 0 Å². The van der Waals surface area contributed by atoms with Gasteiger partial charge in [0.15, 0.2) is 6.10 Å². The Balaban J connectivity index is 4.16. The van der Waals surface area contributed by atoms with Crippen molar-refractivity contribution in [3.05, 3.63) is 109 Å². The third-order valence-electron chi connectivity index (χ3n) is 14.0.